The van der Waals surface area contributed by atoms with Gasteiger partial charge in [0.2, 0.25) is 0 Å². The lowest BCUT2D eigenvalue weighted by Gasteiger charge is -2.32. The molecule has 116 valence electrons. The summed E-state index contributed by atoms with van der Waals surface area (Å²) in [5, 5.41) is 21.1. The number of benzene rings is 1. The molecule has 0 atom stereocenters. The third-order valence-corrected chi connectivity index (χ3v) is 3.76. The Hall–Kier alpha value is -2.63. The zero-order chi connectivity index (χ0) is 16.7. The Morgan fingerprint density at radius 2 is 1.91 bits per heavy atom. The summed E-state index contributed by atoms with van der Waals surface area (Å²) in [4.78, 5) is 35.2. The van der Waals surface area contributed by atoms with Gasteiger partial charge in [-0.1, -0.05) is 17.7 Å². The molecule has 1 aliphatic rings. The number of hydrogen-bond acceptors (Lipinski definition) is 4. The van der Waals surface area contributed by atoms with Gasteiger partial charge in [-0.15, -0.1) is 0 Å². The summed E-state index contributed by atoms with van der Waals surface area (Å²) >= 11 is 0. The molecule has 1 aromatic carbocycles. The summed E-state index contributed by atoms with van der Waals surface area (Å²) < 4.78 is 0. The fourth-order valence-corrected chi connectivity index (χ4v) is 2.53. The highest BCUT2D eigenvalue weighted by Gasteiger charge is 2.43. The Labute approximate surface area is 127 Å². The van der Waals surface area contributed by atoms with Crippen molar-refractivity contribution in [1.29, 1.82) is 0 Å². The molecule has 0 radical (unpaired) electrons. The number of carboxylic acids is 1. The van der Waals surface area contributed by atoms with Gasteiger partial charge in [-0.25, -0.2) is 0 Å². The highest BCUT2D eigenvalue weighted by molar-refractivity contribution is 6.28. The first-order valence-electron chi connectivity index (χ1n) is 6.75. The maximum atomic E-state index is 12.6. The summed E-state index contributed by atoms with van der Waals surface area (Å²) in [7, 11) is 0. The van der Waals surface area contributed by atoms with Gasteiger partial charge in [0.05, 0.1) is 5.41 Å². The van der Waals surface area contributed by atoms with Crippen LogP contribution in [0, 0.1) is 6.92 Å². The number of aryl methyl sites for hydroxylation is 1. The lowest BCUT2D eigenvalue weighted by molar-refractivity contribution is -0.138. The van der Waals surface area contributed by atoms with Crippen molar-refractivity contribution < 1.29 is 24.6 Å². The normalized spacial score (nSPS) is 16.2. The van der Waals surface area contributed by atoms with E-state index in [1.807, 2.05) is 13.0 Å². The molecule has 1 aromatic rings. The third-order valence-electron chi connectivity index (χ3n) is 3.76. The maximum absolute atomic E-state index is 12.6. The minimum absolute atomic E-state index is 0.399. The van der Waals surface area contributed by atoms with Crippen LogP contribution in [0.1, 0.15) is 30.5 Å². The second-order valence-corrected chi connectivity index (χ2v) is 5.80. The van der Waals surface area contributed by atoms with E-state index in [0.717, 1.165) is 5.56 Å². The Bertz CT molecular complexity index is 715. The number of carbonyl (C=O) groups excluding carboxylic acids is 2. The molecule has 1 amide bonds. The molecule has 6 nitrogen and oxygen atoms in total. The number of aliphatic carboxylic acids is 1. The van der Waals surface area contributed by atoms with Crippen LogP contribution in [0.4, 0.5) is 0 Å². The molecule has 0 bridgehead atoms. The highest BCUT2D eigenvalue weighted by Crippen LogP contribution is 2.39. The predicted octanol–water partition coefficient (Wildman–Crippen LogP) is 1.33. The Balaban J connectivity index is 2.57. The summed E-state index contributed by atoms with van der Waals surface area (Å²) in [6.45, 7) is 4.55. The van der Waals surface area contributed by atoms with Crippen molar-refractivity contribution in [3.05, 3.63) is 40.5 Å². The largest absolute Gasteiger partial charge is 0.506 e. The van der Waals surface area contributed by atoms with Gasteiger partial charge < -0.3 is 15.5 Å². The molecule has 0 aromatic heterocycles. The molecule has 0 saturated carbocycles. The van der Waals surface area contributed by atoms with Crippen molar-refractivity contribution in [2.45, 2.75) is 26.2 Å². The smallest absolute Gasteiger partial charge is 0.322 e. The van der Waals surface area contributed by atoms with Crippen LogP contribution in [0.25, 0.3) is 5.76 Å². The van der Waals surface area contributed by atoms with Crippen molar-refractivity contribution in [1.82, 2.24) is 5.32 Å². The second-order valence-electron chi connectivity index (χ2n) is 5.80. The topological polar surface area (TPSA) is 104 Å². The first-order chi connectivity index (χ1) is 10.2. The van der Waals surface area contributed by atoms with Gasteiger partial charge in [-0.2, -0.15) is 0 Å². The highest BCUT2D eigenvalue weighted by atomic mass is 16.4. The van der Waals surface area contributed by atoms with Crippen molar-refractivity contribution >= 4 is 23.4 Å². The Morgan fingerprint density at radius 1 is 1.27 bits per heavy atom. The molecule has 0 unspecified atom stereocenters. The monoisotopic (exact) mass is 303 g/mol. The van der Waals surface area contributed by atoms with Crippen LogP contribution in [0.2, 0.25) is 0 Å². The van der Waals surface area contributed by atoms with E-state index in [1.54, 1.807) is 26.0 Å². The molecule has 0 aliphatic heterocycles. The van der Waals surface area contributed by atoms with E-state index < -0.39 is 41.0 Å². The molecule has 6 heteroatoms. The van der Waals surface area contributed by atoms with Gasteiger partial charge in [0.1, 0.15) is 17.9 Å². The fourth-order valence-electron chi connectivity index (χ4n) is 2.53. The predicted molar refractivity (Wildman–Crippen MR) is 79.4 cm³/mol. The SMILES string of the molecule is Cc1ccc2c(c1)C(O)=C(C(=O)NCC(=O)O)C(=O)C2(C)C. The minimum Gasteiger partial charge on any atom is -0.506 e. The standard InChI is InChI=1S/C16H17NO5/c1-8-4-5-10-9(6-8)13(20)12(14(21)16(10,2)3)15(22)17-7-11(18)19/h4-6,20H,7H2,1-3H3,(H,17,22)(H,18,19). The number of fused-ring (bicyclic) bond motifs is 1. The van der Waals surface area contributed by atoms with E-state index in [0.29, 0.717) is 11.1 Å². The van der Waals surface area contributed by atoms with Gasteiger partial charge in [0.15, 0.2) is 5.78 Å². The maximum Gasteiger partial charge on any atom is 0.322 e. The van der Waals surface area contributed by atoms with Crippen LogP contribution in [-0.2, 0) is 19.8 Å². The number of Topliss-reactive ketones (excluding diaryl/α,β-unsaturated/α-hetero) is 1. The number of aliphatic hydroxyl groups excluding tert-OH is 1. The molecule has 2 rings (SSSR count). The van der Waals surface area contributed by atoms with E-state index in [9.17, 15) is 19.5 Å². The van der Waals surface area contributed by atoms with Gasteiger partial charge in [0.25, 0.3) is 5.91 Å². The van der Waals surface area contributed by atoms with Crippen LogP contribution >= 0.6 is 0 Å². The molecule has 0 saturated heterocycles. The molecule has 3 N–H and O–H groups in total. The lowest BCUT2D eigenvalue weighted by Crippen LogP contribution is -2.42. The lowest BCUT2D eigenvalue weighted by atomic mass is 9.70. The van der Waals surface area contributed by atoms with Crippen molar-refractivity contribution in [2.75, 3.05) is 6.54 Å². The quantitative estimate of drug-likeness (QED) is 0.731. The number of ketones is 1. The molecule has 0 fully saturated rings. The zero-order valence-corrected chi connectivity index (χ0v) is 12.6. The van der Waals surface area contributed by atoms with Crippen LogP contribution in [-0.4, -0.2) is 34.4 Å². The van der Waals surface area contributed by atoms with E-state index in [-0.39, 0.29) is 0 Å². The number of aliphatic hydroxyl groups is 1. The van der Waals surface area contributed by atoms with Crippen molar-refractivity contribution in [3.63, 3.8) is 0 Å². The minimum atomic E-state index is -1.23. The molecular formula is C16H17NO5. The summed E-state index contributed by atoms with van der Waals surface area (Å²) in [6, 6.07) is 5.28. The van der Waals surface area contributed by atoms with Crippen molar-refractivity contribution in [3.8, 4) is 0 Å². The Morgan fingerprint density at radius 3 is 2.50 bits per heavy atom. The molecule has 1 aliphatic carbocycles. The van der Waals surface area contributed by atoms with E-state index in [1.165, 1.54) is 0 Å². The van der Waals surface area contributed by atoms with Gasteiger partial charge in [-0.3, -0.25) is 14.4 Å². The van der Waals surface area contributed by atoms with Gasteiger partial charge in [0, 0.05) is 5.56 Å². The molecule has 22 heavy (non-hydrogen) atoms. The molecular weight excluding hydrogens is 286 g/mol. The summed E-state index contributed by atoms with van der Waals surface area (Å²) in [5.74, 6) is -3.06. The van der Waals surface area contributed by atoms with E-state index in [4.69, 9.17) is 5.11 Å². The Kier molecular flexibility index (Phi) is 3.79. The second kappa shape index (κ2) is 5.29. The first kappa shape index (κ1) is 15.8. The third kappa shape index (κ3) is 2.47. The average Bonchev–Trinajstić information content (AvgIpc) is 2.43. The number of amides is 1. The van der Waals surface area contributed by atoms with Crippen molar-refractivity contribution in [2.24, 2.45) is 0 Å². The van der Waals surface area contributed by atoms with Crippen LogP contribution in [0.5, 0.6) is 0 Å². The summed E-state index contributed by atoms with van der Waals surface area (Å²) in [5.41, 5.74) is 0.552. The number of rotatable bonds is 3. The number of carboxylic acid groups (broad SMARTS) is 1. The fraction of sp³-hybridized carbons (Fsp3) is 0.312. The van der Waals surface area contributed by atoms with Crippen LogP contribution in [0.3, 0.4) is 0 Å². The average molecular weight is 303 g/mol. The zero-order valence-electron chi connectivity index (χ0n) is 12.6. The number of hydrogen-bond donors (Lipinski definition) is 3. The summed E-state index contributed by atoms with van der Waals surface area (Å²) in [6.07, 6.45) is 0. The van der Waals surface area contributed by atoms with E-state index in [2.05, 4.69) is 5.32 Å². The van der Waals surface area contributed by atoms with E-state index >= 15 is 0 Å². The first-order valence-corrected chi connectivity index (χ1v) is 6.75. The number of nitrogens with one attached hydrogen (secondary N) is 1. The van der Waals surface area contributed by atoms with Crippen LogP contribution < -0.4 is 5.32 Å². The van der Waals surface area contributed by atoms with Crippen LogP contribution in [0.15, 0.2) is 23.8 Å². The molecule has 0 spiro atoms. The van der Waals surface area contributed by atoms with Gasteiger partial charge >= 0.3 is 5.97 Å². The van der Waals surface area contributed by atoms with Gasteiger partial charge in [-0.05, 0) is 32.4 Å². The number of carbonyl (C=O) groups is 3. The molecule has 0 heterocycles.